The summed E-state index contributed by atoms with van der Waals surface area (Å²) < 4.78 is 42.5. The normalized spacial score (nSPS) is 18.2. The first-order valence-corrected chi connectivity index (χ1v) is 7.17. The standard InChI is InChI=1S/C14H14F3N5O2/c1-24-10-4-2-3-9(7-10)12-18-20-22(19-12)11-5-6-21(13(11)23)8-14(15,16)17/h2-4,7,11H,5-6,8H2,1H3/t11-/m0/s1. The maximum atomic E-state index is 12.5. The smallest absolute Gasteiger partial charge is 0.406 e. The van der Waals surface area contributed by atoms with Gasteiger partial charge in [0.1, 0.15) is 12.3 Å². The molecule has 2 aromatic rings. The highest BCUT2D eigenvalue weighted by Crippen LogP contribution is 2.27. The Morgan fingerprint density at radius 1 is 1.38 bits per heavy atom. The summed E-state index contributed by atoms with van der Waals surface area (Å²) in [6.45, 7) is -1.25. The summed E-state index contributed by atoms with van der Waals surface area (Å²) in [6, 6.07) is 6.09. The number of alkyl halides is 3. The van der Waals surface area contributed by atoms with E-state index in [1.165, 1.54) is 7.11 Å². The summed E-state index contributed by atoms with van der Waals surface area (Å²) in [6.07, 6.45) is -4.21. The van der Waals surface area contributed by atoms with Gasteiger partial charge in [-0.3, -0.25) is 4.79 Å². The van der Waals surface area contributed by atoms with Gasteiger partial charge in [-0.15, -0.1) is 10.2 Å². The Morgan fingerprint density at radius 2 is 2.17 bits per heavy atom. The monoisotopic (exact) mass is 341 g/mol. The molecule has 0 unspecified atom stereocenters. The van der Waals surface area contributed by atoms with Crippen molar-refractivity contribution in [2.45, 2.75) is 18.6 Å². The molecule has 1 atom stereocenters. The molecule has 0 saturated carbocycles. The van der Waals surface area contributed by atoms with Crippen LogP contribution in [-0.4, -0.2) is 57.4 Å². The maximum absolute atomic E-state index is 12.5. The van der Waals surface area contributed by atoms with Crippen LogP contribution in [0, 0.1) is 0 Å². The van der Waals surface area contributed by atoms with E-state index in [0.29, 0.717) is 11.3 Å². The fraction of sp³-hybridized carbons (Fsp3) is 0.429. The Labute approximate surface area is 135 Å². The number of tetrazole rings is 1. The Hall–Kier alpha value is -2.65. The van der Waals surface area contributed by atoms with E-state index in [-0.39, 0.29) is 18.8 Å². The van der Waals surface area contributed by atoms with Crippen LogP contribution in [-0.2, 0) is 4.79 Å². The molecule has 128 valence electrons. The van der Waals surface area contributed by atoms with Gasteiger partial charge in [-0.2, -0.15) is 18.0 Å². The van der Waals surface area contributed by atoms with Crippen molar-refractivity contribution >= 4 is 5.91 Å². The van der Waals surface area contributed by atoms with E-state index in [1.807, 2.05) is 0 Å². The highest BCUT2D eigenvalue weighted by atomic mass is 19.4. The van der Waals surface area contributed by atoms with Crippen molar-refractivity contribution in [2.24, 2.45) is 0 Å². The number of carbonyl (C=O) groups excluding carboxylic acids is 1. The number of likely N-dealkylation sites (tertiary alicyclic amines) is 1. The number of hydrogen-bond donors (Lipinski definition) is 0. The second-order valence-electron chi connectivity index (χ2n) is 5.34. The number of hydrogen-bond acceptors (Lipinski definition) is 5. The van der Waals surface area contributed by atoms with Crippen LogP contribution in [0.2, 0.25) is 0 Å². The Morgan fingerprint density at radius 3 is 2.88 bits per heavy atom. The van der Waals surface area contributed by atoms with E-state index >= 15 is 0 Å². The lowest BCUT2D eigenvalue weighted by molar-refractivity contribution is -0.158. The lowest BCUT2D eigenvalue weighted by Crippen LogP contribution is -2.37. The highest BCUT2D eigenvalue weighted by molar-refractivity contribution is 5.82. The number of ether oxygens (including phenoxy) is 1. The van der Waals surface area contributed by atoms with Crippen LogP contribution in [0.1, 0.15) is 12.5 Å². The zero-order chi connectivity index (χ0) is 17.3. The topological polar surface area (TPSA) is 73.1 Å². The Bertz CT molecular complexity index is 746. The van der Waals surface area contributed by atoms with Crippen molar-refractivity contribution < 1.29 is 22.7 Å². The minimum Gasteiger partial charge on any atom is -0.497 e. The molecular weight excluding hydrogens is 327 g/mol. The maximum Gasteiger partial charge on any atom is 0.406 e. The summed E-state index contributed by atoms with van der Waals surface area (Å²) in [5.41, 5.74) is 0.637. The largest absolute Gasteiger partial charge is 0.497 e. The molecule has 0 spiro atoms. The lowest BCUT2D eigenvalue weighted by Gasteiger charge is -2.17. The van der Waals surface area contributed by atoms with Gasteiger partial charge in [0.25, 0.3) is 0 Å². The highest BCUT2D eigenvalue weighted by Gasteiger charge is 2.41. The van der Waals surface area contributed by atoms with Gasteiger partial charge in [0, 0.05) is 12.1 Å². The minimum absolute atomic E-state index is 0.0129. The molecule has 0 radical (unpaired) electrons. The molecule has 3 rings (SSSR count). The molecule has 2 heterocycles. The van der Waals surface area contributed by atoms with Crippen molar-refractivity contribution in [2.75, 3.05) is 20.2 Å². The third kappa shape index (κ3) is 3.31. The summed E-state index contributed by atoms with van der Waals surface area (Å²) >= 11 is 0. The number of halogens is 3. The lowest BCUT2D eigenvalue weighted by atomic mass is 10.2. The third-order valence-corrected chi connectivity index (χ3v) is 3.67. The average Bonchev–Trinajstić information content (AvgIpc) is 3.14. The van der Waals surface area contributed by atoms with Gasteiger partial charge in [0.05, 0.1) is 7.11 Å². The third-order valence-electron chi connectivity index (χ3n) is 3.67. The van der Waals surface area contributed by atoms with Gasteiger partial charge >= 0.3 is 6.18 Å². The second kappa shape index (κ2) is 6.10. The molecule has 0 N–H and O–H groups in total. The molecule has 1 fully saturated rings. The molecule has 1 aromatic carbocycles. The van der Waals surface area contributed by atoms with Gasteiger partial charge in [0.2, 0.25) is 11.7 Å². The van der Waals surface area contributed by atoms with Crippen molar-refractivity contribution in [3.63, 3.8) is 0 Å². The molecule has 0 bridgehead atoms. The molecule has 7 nitrogen and oxygen atoms in total. The number of amides is 1. The molecule has 10 heteroatoms. The molecule has 1 aliphatic heterocycles. The second-order valence-corrected chi connectivity index (χ2v) is 5.34. The number of aromatic nitrogens is 4. The van der Waals surface area contributed by atoms with E-state index in [0.717, 1.165) is 9.70 Å². The van der Waals surface area contributed by atoms with Crippen molar-refractivity contribution in [3.8, 4) is 17.1 Å². The van der Waals surface area contributed by atoms with Crippen LogP contribution in [0.4, 0.5) is 13.2 Å². The first-order chi connectivity index (χ1) is 11.4. The predicted molar refractivity (Wildman–Crippen MR) is 76.1 cm³/mol. The van der Waals surface area contributed by atoms with Crippen LogP contribution in [0.15, 0.2) is 24.3 Å². The molecule has 24 heavy (non-hydrogen) atoms. The molecular formula is C14H14F3N5O2. The number of carbonyl (C=O) groups is 1. The summed E-state index contributed by atoms with van der Waals surface area (Å²) in [4.78, 5) is 13.9. The zero-order valence-electron chi connectivity index (χ0n) is 12.7. The number of methoxy groups -OCH3 is 1. The Balaban J connectivity index is 1.77. The fourth-order valence-electron chi connectivity index (χ4n) is 2.55. The summed E-state index contributed by atoms with van der Waals surface area (Å²) in [7, 11) is 1.52. The Kier molecular flexibility index (Phi) is 4.12. The average molecular weight is 341 g/mol. The van der Waals surface area contributed by atoms with Crippen LogP contribution < -0.4 is 4.74 Å². The van der Waals surface area contributed by atoms with Crippen molar-refractivity contribution in [1.29, 1.82) is 0 Å². The summed E-state index contributed by atoms with van der Waals surface area (Å²) in [5, 5.41) is 11.8. The molecule has 0 aliphatic carbocycles. The molecule has 1 aromatic heterocycles. The molecule has 1 amide bonds. The minimum atomic E-state index is -4.42. The van der Waals surface area contributed by atoms with Crippen molar-refractivity contribution in [3.05, 3.63) is 24.3 Å². The van der Waals surface area contributed by atoms with E-state index in [1.54, 1.807) is 24.3 Å². The number of rotatable bonds is 4. The molecule has 1 aliphatic rings. The van der Waals surface area contributed by atoms with Crippen LogP contribution in [0.5, 0.6) is 5.75 Å². The van der Waals surface area contributed by atoms with Crippen LogP contribution in [0.3, 0.4) is 0 Å². The number of benzene rings is 1. The van der Waals surface area contributed by atoms with Gasteiger partial charge < -0.3 is 9.64 Å². The van der Waals surface area contributed by atoms with Gasteiger partial charge in [-0.05, 0) is 23.8 Å². The SMILES string of the molecule is COc1cccc(-c2nnn([C@H]3CCN(CC(F)(F)F)C3=O)n2)c1. The van der Waals surface area contributed by atoms with Gasteiger partial charge in [0.15, 0.2) is 6.04 Å². The number of nitrogens with zero attached hydrogens (tertiary/aromatic N) is 5. The van der Waals surface area contributed by atoms with E-state index in [2.05, 4.69) is 15.4 Å². The first-order valence-electron chi connectivity index (χ1n) is 7.17. The van der Waals surface area contributed by atoms with E-state index < -0.39 is 24.7 Å². The van der Waals surface area contributed by atoms with Crippen LogP contribution >= 0.6 is 0 Å². The van der Waals surface area contributed by atoms with E-state index in [9.17, 15) is 18.0 Å². The fourth-order valence-corrected chi connectivity index (χ4v) is 2.55. The summed E-state index contributed by atoms with van der Waals surface area (Å²) in [5.74, 6) is 0.232. The first kappa shape index (κ1) is 16.2. The predicted octanol–water partition coefficient (Wildman–Crippen LogP) is 1.68. The van der Waals surface area contributed by atoms with Crippen molar-refractivity contribution in [1.82, 2.24) is 25.1 Å². The van der Waals surface area contributed by atoms with Gasteiger partial charge in [-0.25, -0.2) is 0 Å². The van der Waals surface area contributed by atoms with Crippen LogP contribution in [0.25, 0.3) is 11.4 Å². The quantitative estimate of drug-likeness (QED) is 0.846. The molecule has 1 saturated heterocycles. The zero-order valence-corrected chi connectivity index (χ0v) is 12.7. The van der Waals surface area contributed by atoms with Gasteiger partial charge in [-0.1, -0.05) is 12.1 Å². The van der Waals surface area contributed by atoms with E-state index in [4.69, 9.17) is 4.74 Å².